The molecule has 0 spiro atoms. The lowest BCUT2D eigenvalue weighted by Crippen LogP contribution is -2.59. The van der Waals surface area contributed by atoms with E-state index < -0.39 is 0 Å². The fourth-order valence-corrected chi connectivity index (χ4v) is 4.19. The molecule has 1 aliphatic carbocycles. The first-order valence-electron chi connectivity index (χ1n) is 8.09. The second-order valence-electron chi connectivity index (χ2n) is 6.73. The van der Waals surface area contributed by atoms with Gasteiger partial charge in [0.15, 0.2) is 0 Å². The third-order valence-electron chi connectivity index (χ3n) is 5.35. The predicted octanol–water partition coefficient (Wildman–Crippen LogP) is 2.98. The molecule has 0 aromatic heterocycles. The maximum atomic E-state index is 6.15. The Kier molecular flexibility index (Phi) is 4.43. The van der Waals surface area contributed by atoms with Crippen molar-refractivity contribution >= 4 is 17.3 Å². The molecule has 0 bridgehead atoms. The summed E-state index contributed by atoms with van der Waals surface area (Å²) in [5.74, 6) is 0.822. The molecule has 21 heavy (non-hydrogen) atoms. The van der Waals surface area contributed by atoms with E-state index in [1.54, 1.807) is 0 Å². The van der Waals surface area contributed by atoms with Gasteiger partial charge in [0.25, 0.3) is 0 Å². The van der Waals surface area contributed by atoms with Gasteiger partial charge in [0.1, 0.15) is 0 Å². The van der Waals surface area contributed by atoms with E-state index in [9.17, 15) is 0 Å². The zero-order valence-corrected chi connectivity index (χ0v) is 13.6. The van der Waals surface area contributed by atoms with Crippen molar-refractivity contribution in [3.63, 3.8) is 0 Å². The average molecular weight is 308 g/mol. The van der Waals surface area contributed by atoms with Crippen LogP contribution in [0.15, 0.2) is 24.3 Å². The molecule has 1 saturated carbocycles. The van der Waals surface area contributed by atoms with Gasteiger partial charge in [-0.05, 0) is 49.4 Å². The summed E-state index contributed by atoms with van der Waals surface area (Å²) >= 11 is 5.97. The summed E-state index contributed by atoms with van der Waals surface area (Å²) in [6.45, 7) is 7.56. The van der Waals surface area contributed by atoms with Crippen LogP contribution in [0.3, 0.4) is 0 Å². The molecule has 2 fully saturated rings. The molecular weight excluding hydrogens is 282 g/mol. The average Bonchev–Trinajstić information content (AvgIpc) is 2.91. The molecule has 4 heteroatoms. The lowest BCUT2D eigenvalue weighted by atomic mass is 9.93. The molecule has 3 nitrogen and oxygen atoms in total. The van der Waals surface area contributed by atoms with Crippen molar-refractivity contribution in [3.8, 4) is 0 Å². The smallest absolute Gasteiger partial charge is 0.0407 e. The summed E-state index contributed by atoms with van der Waals surface area (Å²) in [5.41, 5.74) is 7.70. The molecule has 2 atom stereocenters. The highest BCUT2D eigenvalue weighted by atomic mass is 35.5. The Bertz CT molecular complexity index is 467. The van der Waals surface area contributed by atoms with Crippen LogP contribution in [0, 0.1) is 5.92 Å². The van der Waals surface area contributed by atoms with E-state index in [1.807, 2.05) is 12.1 Å². The molecule has 2 N–H and O–H groups in total. The van der Waals surface area contributed by atoms with Crippen LogP contribution in [0.1, 0.15) is 26.2 Å². The summed E-state index contributed by atoms with van der Waals surface area (Å²) < 4.78 is 0. The maximum Gasteiger partial charge on any atom is 0.0407 e. The third-order valence-corrected chi connectivity index (χ3v) is 5.61. The molecule has 2 unspecified atom stereocenters. The van der Waals surface area contributed by atoms with Crippen LogP contribution in [0.5, 0.6) is 0 Å². The summed E-state index contributed by atoms with van der Waals surface area (Å²) in [5, 5.41) is 0.805. The summed E-state index contributed by atoms with van der Waals surface area (Å²) in [6, 6.07) is 8.19. The number of anilines is 1. The van der Waals surface area contributed by atoms with Gasteiger partial charge in [-0.15, -0.1) is 0 Å². The molecule has 1 aromatic rings. The third kappa shape index (κ3) is 3.05. The zero-order valence-electron chi connectivity index (χ0n) is 12.9. The zero-order chi connectivity index (χ0) is 14.9. The highest BCUT2D eigenvalue weighted by Crippen LogP contribution is 2.39. The van der Waals surface area contributed by atoms with Crippen molar-refractivity contribution in [1.29, 1.82) is 0 Å². The van der Waals surface area contributed by atoms with Gasteiger partial charge in [0.2, 0.25) is 0 Å². The van der Waals surface area contributed by atoms with Crippen LogP contribution in [0.25, 0.3) is 0 Å². The maximum absolute atomic E-state index is 6.15. The topological polar surface area (TPSA) is 32.5 Å². The van der Waals surface area contributed by atoms with E-state index in [0.717, 1.165) is 43.7 Å². The van der Waals surface area contributed by atoms with Crippen LogP contribution < -0.4 is 10.6 Å². The van der Waals surface area contributed by atoms with Crippen molar-refractivity contribution in [2.24, 2.45) is 11.7 Å². The monoisotopic (exact) mass is 307 g/mol. The van der Waals surface area contributed by atoms with Crippen molar-refractivity contribution in [2.75, 3.05) is 37.6 Å². The Morgan fingerprint density at radius 1 is 1.19 bits per heavy atom. The highest BCUT2D eigenvalue weighted by Gasteiger charge is 2.42. The van der Waals surface area contributed by atoms with Gasteiger partial charge in [-0.1, -0.05) is 18.5 Å². The van der Waals surface area contributed by atoms with Crippen molar-refractivity contribution in [1.82, 2.24) is 4.90 Å². The SMILES string of the molecule is CC1CCC(CN)(N2CCN(c3ccc(Cl)cc3)CC2)C1. The van der Waals surface area contributed by atoms with E-state index in [0.29, 0.717) is 0 Å². The minimum Gasteiger partial charge on any atom is -0.369 e. The molecule has 2 aliphatic rings. The molecule has 0 radical (unpaired) electrons. The van der Waals surface area contributed by atoms with Crippen LogP contribution in [0.2, 0.25) is 5.02 Å². The molecule has 1 heterocycles. The number of halogens is 1. The summed E-state index contributed by atoms with van der Waals surface area (Å²) in [4.78, 5) is 5.11. The second kappa shape index (κ2) is 6.15. The number of hydrogen-bond donors (Lipinski definition) is 1. The first kappa shape index (κ1) is 15.1. The molecule has 1 aliphatic heterocycles. The number of benzene rings is 1. The van der Waals surface area contributed by atoms with E-state index in [4.69, 9.17) is 17.3 Å². The Morgan fingerprint density at radius 3 is 2.38 bits per heavy atom. The van der Waals surface area contributed by atoms with Crippen molar-refractivity contribution < 1.29 is 0 Å². The predicted molar refractivity (Wildman–Crippen MR) is 90.0 cm³/mol. The highest BCUT2D eigenvalue weighted by molar-refractivity contribution is 6.30. The van der Waals surface area contributed by atoms with Crippen molar-refractivity contribution in [2.45, 2.75) is 31.7 Å². The van der Waals surface area contributed by atoms with E-state index in [2.05, 4.69) is 28.9 Å². The Hall–Kier alpha value is -0.770. The fourth-order valence-electron chi connectivity index (χ4n) is 4.06. The van der Waals surface area contributed by atoms with Gasteiger partial charge in [-0.25, -0.2) is 0 Å². The van der Waals surface area contributed by atoms with Gasteiger partial charge in [-0.3, -0.25) is 4.90 Å². The Balaban J connectivity index is 1.63. The van der Waals surface area contributed by atoms with E-state index in [-0.39, 0.29) is 5.54 Å². The number of nitrogens with zero attached hydrogens (tertiary/aromatic N) is 2. The van der Waals surface area contributed by atoms with Gasteiger partial charge in [0.05, 0.1) is 0 Å². The molecule has 3 rings (SSSR count). The second-order valence-corrected chi connectivity index (χ2v) is 7.16. The largest absolute Gasteiger partial charge is 0.369 e. The molecular formula is C17H26ClN3. The fraction of sp³-hybridized carbons (Fsp3) is 0.647. The van der Waals surface area contributed by atoms with E-state index >= 15 is 0 Å². The quantitative estimate of drug-likeness (QED) is 0.932. The van der Waals surface area contributed by atoms with Gasteiger partial charge in [0, 0.05) is 49.0 Å². The van der Waals surface area contributed by atoms with Gasteiger partial charge in [-0.2, -0.15) is 0 Å². The molecule has 0 amide bonds. The van der Waals surface area contributed by atoms with Crippen molar-refractivity contribution in [3.05, 3.63) is 29.3 Å². The Morgan fingerprint density at radius 2 is 1.86 bits per heavy atom. The molecule has 1 aromatic carbocycles. The minimum atomic E-state index is 0.269. The van der Waals surface area contributed by atoms with Crippen LogP contribution >= 0.6 is 11.6 Å². The normalized spacial score (nSPS) is 30.8. The number of piperazine rings is 1. The lowest BCUT2D eigenvalue weighted by Gasteiger charge is -2.46. The molecule has 1 saturated heterocycles. The van der Waals surface area contributed by atoms with E-state index in [1.165, 1.54) is 24.9 Å². The van der Waals surface area contributed by atoms with Gasteiger partial charge >= 0.3 is 0 Å². The van der Waals surface area contributed by atoms with Gasteiger partial charge < -0.3 is 10.6 Å². The minimum absolute atomic E-state index is 0.269. The Labute approximate surface area is 133 Å². The number of rotatable bonds is 3. The standard InChI is InChI=1S/C17H26ClN3/c1-14-6-7-17(12-14,13-19)21-10-8-20(9-11-21)16-4-2-15(18)3-5-16/h2-5,14H,6-13,19H2,1H3. The molecule has 116 valence electrons. The number of nitrogens with two attached hydrogens (primary N) is 1. The van der Waals surface area contributed by atoms with Crippen LogP contribution in [0.4, 0.5) is 5.69 Å². The summed E-state index contributed by atoms with van der Waals surface area (Å²) in [6.07, 6.45) is 3.87. The van der Waals surface area contributed by atoms with Crippen LogP contribution in [-0.2, 0) is 0 Å². The first-order chi connectivity index (χ1) is 10.1. The lowest BCUT2D eigenvalue weighted by molar-refractivity contribution is 0.0888. The first-order valence-corrected chi connectivity index (χ1v) is 8.46. The summed E-state index contributed by atoms with van der Waals surface area (Å²) in [7, 11) is 0. The number of hydrogen-bond acceptors (Lipinski definition) is 3. The van der Waals surface area contributed by atoms with Crippen LogP contribution in [-0.4, -0.2) is 43.2 Å².